The SMILES string of the molecule is Nc1ccc(C[C@H](N)c2csc(-c3cccs3)n2)cc1. The summed E-state index contributed by atoms with van der Waals surface area (Å²) < 4.78 is 0. The molecule has 0 aliphatic heterocycles. The van der Waals surface area contributed by atoms with Crippen LogP contribution in [-0.4, -0.2) is 4.98 Å². The Balaban J connectivity index is 1.74. The molecule has 0 aliphatic rings. The first-order valence-corrected chi connectivity index (χ1v) is 8.07. The number of anilines is 1. The number of hydrogen-bond donors (Lipinski definition) is 2. The van der Waals surface area contributed by atoms with Crippen LogP contribution in [0.2, 0.25) is 0 Å². The molecule has 3 aromatic rings. The Hall–Kier alpha value is -1.69. The standard InChI is InChI=1S/C15H15N3S2/c16-11-5-3-10(4-6-11)8-12(17)13-9-20-15(18-13)14-2-1-7-19-14/h1-7,9,12H,8,16-17H2/t12-/m0/s1. The molecule has 0 unspecified atom stereocenters. The lowest BCUT2D eigenvalue weighted by Gasteiger charge is -2.09. The Morgan fingerprint density at radius 2 is 1.90 bits per heavy atom. The van der Waals surface area contributed by atoms with Crippen molar-refractivity contribution in [2.24, 2.45) is 5.73 Å². The number of benzene rings is 1. The zero-order valence-corrected chi connectivity index (χ0v) is 12.5. The minimum atomic E-state index is -0.0800. The Bertz CT molecular complexity index is 671. The molecule has 1 atom stereocenters. The first-order valence-electron chi connectivity index (χ1n) is 6.31. The molecule has 3 nitrogen and oxygen atoms in total. The topological polar surface area (TPSA) is 64.9 Å². The van der Waals surface area contributed by atoms with Gasteiger partial charge < -0.3 is 11.5 Å². The first kappa shape index (κ1) is 13.3. The van der Waals surface area contributed by atoms with E-state index in [1.54, 1.807) is 22.7 Å². The van der Waals surface area contributed by atoms with Gasteiger partial charge in [0.05, 0.1) is 16.6 Å². The number of nitrogen functional groups attached to an aromatic ring is 1. The molecule has 1 aromatic carbocycles. The summed E-state index contributed by atoms with van der Waals surface area (Å²) in [6, 6.07) is 11.9. The van der Waals surface area contributed by atoms with Crippen molar-refractivity contribution in [1.29, 1.82) is 0 Å². The van der Waals surface area contributed by atoms with Gasteiger partial charge in [0.2, 0.25) is 0 Å². The normalized spacial score (nSPS) is 12.4. The van der Waals surface area contributed by atoms with Crippen molar-refractivity contribution in [3.63, 3.8) is 0 Å². The molecule has 2 heterocycles. The molecule has 2 aromatic heterocycles. The fourth-order valence-corrected chi connectivity index (χ4v) is 3.68. The zero-order valence-electron chi connectivity index (χ0n) is 10.8. The van der Waals surface area contributed by atoms with Crippen LogP contribution in [0.25, 0.3) is 9.88 Å². The number of rotatable bonds is 4. The maximum absolute atomic E-state index is 6.25. The number of aromatic nitrogens is 1. The van der Waals surface area contributed by atoms with E-state index in [0.717, 1.165) is 22.8 Å². The second-order valence-corrected chi connectivity index (χ2v) is 6.41. The highest BCUT2D eigenvalue weighted by molar-refractivity contribution is 7.20. The van der Waals surface area contributed by atoms with Crippen molar-refractivity contribution in [3.8, 4) is 9.88 Å². The predicted octanol–water partition coefficient (Wildman–Crippen LogP) is 3.70. The van der Waals surface area contributed by atoms with Gasteiger partial charge in [-0.1, -0.05) is 18.2 Å². The van der Waals surface area contributed by atoms with Crippen LogP contribution >= 0.6 is 22.7 Å². The van der Waals surface area contributed by atoms with Gasteiger partial charge in [0.1, 0.15) is 5.01 Å². The molecular formula is C15H15N3S2. The lowest BCUT2D eigenvalue weighted by molar-refractivity contribution is 0.703. The van der Waals surface area contributed by atoms with Crippen molar-refractivity contribution < 1.29 is 0 Å². The first-order chi connectivity index (χ1) is 9.72. The van der Waals surface area contributed by atoms with Crippen molar-refractivity contribution in [1.82, 2.24) is 4.98 Å². The van der Waals surface area contributed by atoms with Crippen LogP contribution in [0.3, 0.4) is 0 Å². The molecule has 20 heavy (non-hydrogen) atoms. The number of nitrogens with two attached hydrogens (primary N) is 2. The second kappa shape index (κ2) is 5.75. The Morgan fingerprint density at radius 3 is 2.60 bits per heavy atom. The molecule has 4 N–H and O–H groups in total. The maximum Gasteiger partial charge on any atom is 0.133 e. The lowest BCUT2D eigenvalue weighted by Crippen LogP contribution is -2.13. The summed E-state index contributed by atoms with van der Waals surface area (Å²) >= 11 is 3.35. The van der Waals surface area contributed by atoms with Gasteiger partial charge in [-0.3, -0.25) is 0 Å². The average molecular weight is 301 g/mol. The molecule has 0 saturated heterocycles. The van der Waals surface area contributed by atoms with Gasteiger partial charge in [-0.05, 0) is 35.6 Å². The third kappa shape index (κ3) is 2.90. The summed E-state index contributed by atoms with van der Waals surface area (Å²) in [5.74, 6) is 0. The Morgan fingerprint density at radius 1 is 1.10 bits per heavy atom. The van der Waals surface area contributed by atoms with E-state index in [9.17, 15) is 0 Å². The van der Waals surface area contributed by atoms with Crippen LogP contribution in [0.15, 0.2) is 47.2 Å². The highest BCUT2D eigenvalue weighted by atomic mass is 32.1. The van der Waals surface area contributed by atoms with Crippen LogP contribution in [0.5, 0.6) is 0 Å². The molecule has 0 saturated carbocycles. The number of hydrogen-bond acceptors (Lipinski definition) is 5. The highest BCUT2D eigenvalue weighted by Gasteiger charge is 2.12. The van der Waals surface area contributed by atoms with Crippen LogP contribution in [-0.2, 0) is 6.42 Å². The second-order valence-electron chi connectivity index (χ2n) is 4.61. The van der Waals surface area contributed by atoms with Crippen molar-refractivity contribution in [2.45, 2.75) is 12.5 Å². The molecule has 0 radical (unpaired) electrons. The molecule has 0 bridgehead atoms. The smallest absolute Gasteiger partial charge is 0.133 e. The van der Waals surface area contributed by atoms with Crippen LogP contribution in [0.4, 0.5) is 5.69 Å². The number of thiazole rings is 1. The quantitative estimate of drug-likeness (QED) is 0.722. The molecular weight excluding hydrogens is 286 g/mol. The number of thiophene rings is 1. The fraction of sp³-hybridized carbons (Fsp3) is 0.133. The van der Waals surface area contributed by atoms with Gasteiger partial charge in [0.15, 0.2) is 0 Å². The van der Waals surface area contributed by atoms with Gasteiger partial charge in [-0.15, -0.1) is 22.7 Å². The predicted molar refractivity (Wildman–Crippen MR) is 86.9 cm³/mol. The lowest BCUT2D eigenvalue weighted by atomic mass is 10.0. The van der Waals surface area contributed by atoms with Crippen LogP contribution < -0.4 is 11.5 Å². The summed E-state index contributed by atoms with van der Waals surface area (Å²) in [5.41, 5.74) is 14.8. The van der Waals surface area contributed by atoms with E-state index >= 15 is 0 Å². The van der Waals surface area contributed by atoms with Crippen molar-refractivity contribution in [2.75, 3.05) is 5.73 Å². The summed E-state index contributed by atoms with van der Waals surface area (Å²) in [5, 5.41) is 5.16. The van der Waals surface area contributed by atoms with E-state index in [-0.39, 0.29) is 6.04 Å². The molecule has 0 amide bonds. The largest absolute Gasteiger partial charge is 0.399 e. The van der Waals surface area contributed by atoms with E-state index in [1.165, 1.54) is 10.4 Å². The summed E-state index contributed by atoms with van der Waals surface area (Å²) in [6.07, 6.45) is 0.772. The van der Waals surface area contributed by atoms with Crippen LogP contribution in [0, 0.1) is 0 Å². The third-order valence-corrected chi connectivity index (χ3v) is 4.97. The van der Waals surface area contributed by atoms with E-state index in [4.69, 9.17) is 11.5 Å². The molecule has 102 valence electrons. The Kier molecular flexibility index (Phi) is 3.82. The fourth-order valence-electron chi connectivity index (χ4n) is 1.98. The van der Waals surface area contributed by atoms with E-state index in [2.05, 4.69) is 21.8 Å². The van der Waals surface area contributed by atoms with Gasteiger partial charge >= 0.3 is 0 Å². The summed E-state index contributed by atoms with van der Waals surface area (Å²) in [6.45, 7) is 0. The molecule has 0 aliphatic carbocycles. The highest BCUT2D eigenvalue weighted by Crippen LogP contribution is 2.29. The van der Waals surface area contributed by atoms with Gasteiger partial charge in [0.25, 0.3) is 0 Å². The van der Waals surface area contributed by atoms with Crippen molar-refractivity contribution in [3.05, 3.63) is 58.4 Å². The average Bonchev–Trinajstić information content (AvgIpc) is 3.11. The summed E-state index contributed by atoms with van der Waals surface area (Å²) in [4.78, 5) is 5.84. The van der Waals surface area contributed by atoms with E-state index < -0.39 is 0 Å². The maximum atomic E-state index is 6.25. The molecule has 5 heteroatoms. The molecule has 3 rings (SSSR count). The summed E-state index contributed by atoms with van der Waals surface area (Å²) in [7, 11) is 0. The van der Waals surface area contributed by atoms with E-state index in [1.807, 2.05) is 30.3 Å². The minimum Gasteiger partial charge on any atom is -0.399 e. The van der Waals surface area contributed by atoms with Crippen molar-refractivity contribution >= 4 is 28.4 Å². The minimum absolute atomic E-state index is 0.0800. The Labute approximate surface area is 125 Å². The van der Waals surface area contributed by atoms with E-state index in [0.29, 0.717) is 0 Å². The van der Waals surface area contributed by atoms with Crippen LogP contribution in [0.1, 0.15) is 17.3 Å². The monoisotopic (exact) mass is 301 g/mol. The number of nitrogens with zero attached hydrogens (tertiary/aromatic N) is 1. The molecule has 0 fully saturated rings. The zero-order chi connectivity index (χ0) is 13.9. The van der Waals surface area contributed by atoms with Gasteiger partial charge in [0, 0.05) is 11.1 Å². The third-order valence-electron chi connectivity index (χ3n) is 3.07. The van der Waals surface area contributed by atoms with Gasteiger partial charge in [-0.25, -0.2) is 4.98 Å². The molecule has 0 spiro atoms. The van der Waals surface area contributed by atoms with Gasteiger partial charge in [-0.2, -0.15) is 0 Å².